The second-order valence-corrected chi connectivity index (χ2v) is 4.96. The zero-order valence-corrected chi connectivity index (χ0v) is 12.1. The largest absolute Gasteiger partial charge is 0.264 e. The number of hydrogen-bond donors (Lipinski definition) is 0. The maximum absolute atomic E-state index is 4.15. The van der Waals surface area contributed by atoms with Crippen LogP contribution in [0.3, 0.4) is 0 Å². The van der Waals surface area contributed by atoms with E-state index in [0.29, 0.717) is 0 Å². The van der Waals surface area contributed by atoms with Crippen molar-refractivity contribution in [2.45, 2.75) is 13.8 Å². The number of thiophene rings is 1. The summed E-state index contributed by atoms with van der Waals surface area (Å²) < 4.78 is 1.30. The van der Waals surface area contributed by atoms with Crippen molar-refractivity contribution in [3.8, 4) is 11.1 Å². The molecule has 0 saturated heterocycles. The van der Waals surface area contributed by atoms with Crippen molar-refractivity contribution >= 4 is 27.5 Å². The van der Waals surface area contributed by atoms with E-state index in [4.69, 9.17) is 0 Å². The first kappa shape index (κ1) is 13.5. The molecule has 0 aliphatic rings. The van der Waals surface area contributed by atoms with E-state index in [1.807, 2.05) is 32.2 Å². The van der Waals surface area contributed by atoms with Gasteiger partial charge in [0.1, 0.15) is 0 Å². The van der Waals surface area contributed by atoms with Crippen molar-refractivity contribution in [1.29, 1.82) is 0 Å². The smallest absolute Gasteiger partial charge is 0.0349 e. The number of rotatable bonds is 2. The third kappa shape index (κ3) is 2.91. The van der Waals surface area contributed by atoms with Crippen LogP contribution in [0.4, 0.5) is 0 Å². The number of pyridine rings is 1. The van der Waals surface area contributed by atoms with Crippen molar-refractivity contribution in [3.63, 3.8) is 0 Å². The van der Waals surface area contributed by atoms with Crippen molar-refractivity contribution in [2.24, 2.45) is 0 Å². The highest BCUT2D eigenvalue weighted by molar-refractivity contribution is 7.19. The summed E-state index contributed by atoms with van der Waals surface area (Å²) in [5.74, 6) is 0. The molecule has 0 amide bonds. The Hall–Kier alpha value is -1.93. The highest BCUT2D eigenvalue weighted by atomic mass is 32.1. The number of benzene rings is 1. The Morgan fingerprint density at radius 3 is 2.63 bits per heavy atom. The molecular weight excluding hydrogens is 250 g/mol. The summed E-state index contributed by atoms with van der Waals surface area (Å²) >= 11 is 1.77. The molecule has 0 unspecified atom stereocenters. The molecule has 0 atom stereocenters. The van der Waals surface area contributed by atoms with E-state index < -0.39 is 0 Å². The first-order valence-electron chi connectivity index (χ1n) is 6.43. The molecule has 2 heteroatoms. The lowest BCUT2D eigenvalue weighted by Gasteiger charge is -2.00. The summed E-state index contributed by atoms with van der Waals surface area (Å²) in [4.78, 5) is 5.36. The molecule has 96 valence electrons. The zero-order valence-electron chi connectivity index (χ0n) is 11.3. The van der Waals surface area contributed by atoms with Crippen LogP contribution >= 0.6 is 11.3 Å². The number of fused-ring (bicyclic) bond motifs is 1. The van der Waals surface area contributed by atoms with Crippen LogP contribution in [0.15, 0.2) is 55.4 Å². The molecule has 0 saturated carbocycles. The number of nitrogens with zero attached hydrogens (tertiary/aromatic N) is 1. The van der Waals surface area contributed by atoms with Gasteiger partial charge in [-0.15, -0.1) is 11.3 Å². The molecule has 0 N–H and O–H groups in total. The first-order chi connectivity index (χ1) is 9.36. The molecule has 0 aliphatic heterocycles. The SMILES string of the molecule is C=Cc1cc2cc(-c3cccnc3)ccc2s1.CC. The Bertz CT molecular complexity index is 668. The predicted molar refractivity (Wildman–Crippen MR) is 86.5 cm³/mol. The average Bonchev–Trinajstić information content (AvgIpc) is 2.92. The molecule has 0 bridgehead atoms. The Kier molecular flexibility index (Phi) is 4.48. The molecule has 3 rings (SSSR count). The fourth-order valence-electron chi connectivity index (χ4n) is 1.88. The van der Waals surface area contributed by atoms with E-state index in [2.05, 4.69) is 41.9 Å². The van der Waals surface area contributed by atoms with Crippen molar-refractivity contribution in [2.75, 3.05) is 0 Å². The van der Waals surface area contributed by atoms with E-state index in [1.54, 1.807) is 17.5 Å². The molecule has 3 aromatic rings. The summed E-state index contributed by atoms with van der Waals surface area (Å²) in [6.07, 6.45) is 5.58. The van der Waals surface area contributed by atoms with E-state index in [9.17, 15) is 0 Å². The van der Waals surface area contributed by atoms with E-state index in [0.717, 1.165) is 5.56 Å². The van der Waals surface area contributed by atoms with E-state index >= 15 is 0 Å². The maximum atomic E-state index is 4.15. The van der Waals surface area contributed by atoms with E-state index in [-0.39, 0.29) is 0 Å². The molecule has 2 heterocycles. The molecule has 2 aromatic heterocycles. The van der Waals surface area contributed by atoms with Crippen LogP contribution in [0.2, 0.25) is 0 Å². The second kappa shape index (κ2) is 6.30. The molecule has 1 nitrogen and oxygen atoms in total. The minimum absolute atomic E-state index is 1.15. The van der Waals surface area contributed by atoms with Gasteiger partial charge in [0.2, 0.25) is 0 Å². The number of hydrogen-bond acceptors (Lipinski definition) is 2. The van der Waals surface area contributed by atoms with Gasteiger partial charge in [0.15, 0.2) is 0 Å². The van der Waals surface area contributed by atoms with Gasteiger partial charge < -0.3 is 0 Å². The van der Waals surface area contributed by atoms with Crippen LogP contribution in [0.1, 0.15) is 18.7 Å². The molecule has 19 heavy (non-hydrogen) atoms. The second-order valence-electron chi connectivity index (χ2n) is 3.85. The van der Waals surface area contributed by atoms with Gasteiger partial charge in [-0.05, 0) is 35.2 Å². The summed E-state index contributed by atoms with van der Waals surface area (Å²) in [5.41, 5.74) is 2.36. The third-order valence-electron chi connectivity index (χ3n) is 2.73. The van der Waals surface area contributed by atoms with Crippen LogP contribution in [-0.2, 0) is 0 Å². The van der Waals surface area contributed by atoms with Gasteiger partial charge >= 0.3 is 0 Å². The van der Waals surface area contributed by atoms with Gasteiger partial charge in [0.05, 0.1) is 0 Å². The third-order valence-corrected chi connectivity index (χ3v) is 3.84. The minimum Gasteiger partial charge on any atom is -0.264 e. The normalized spacial score (nSPS) is 9.79. The topological polar surface area (TPSA) is 12.9 Å². The number of aromatic nitrogens is 1. The van der Waals surface area contributed by atoms with Crippen LogP contribution in [-0.4, -0.2) is 4.98 Å². The average molecular weight is 267 g/mol. The summed E-state index contributed by atoms with van der Waals surface area (Å²) in [6.45, 7) is 7.81. The van der Waals surface area contributed by atoms with Gasteiger partial charge in [-0.3, -0.25) is 4.98 Å². The van der Waals surface area contributed by atoms with Crippen LogP contribution in [0.25, 0.3) is 27.3 Å². The van der Waals surface area contributed by atoms with Crippen LogP contribution in [0, 0.1) is 0 Å². The quantitative estimate of drug-likeness (QED) is 0.586. The lowest BCUT2D eigenvalue weighted by Crippen LogP contribution is -1.77. The lowest BCUT2D eigenvalue weighted by atomic mass is 10.1. The first-order valence-corrected chi connectivity index (χ1v) is 7.25. The van der Waals surface area contributed by atoms with Gasteiger partial charge in [0.25, 0.3) is 0 Å². The monoisotopic (exact) mass is 267 g/mol. The molecule has 0 aliphatic carbocycles. The summed E-state index contributed by atoms with van der Waals surface area (Å²) in [5, 5.41) is 1.27. The fourth-order valence-corrected chi connectivity index (χ4v) is 2.77. The van der Waals surface area contributed by atoms with Crippen molar-refractivity contribution in [1.82, 2.24) is 4.98 Å². The Morgan fingerprint density at radius 1 is 1.11 bits per heavy atom. The zero-order chi connectivity index (χ0) is 13.7. The van der Waals surface area contributed by atoms with Crippen LogP contribution in [0.5, 0.6) is 0 Å². The predicted octanol–water partition coefficient (Wildman–Crippen LogP) is 5.63. The standard InChI is InChI=1S/C15H11NS.C2H6/c1-2-14-9-13-8-11(5-6-15(13)17-14)12-4-3-7-16-10-12;1-2/h2-10H,1H2;1-2H3. The highest BCUT2D eigenvalue weighted by Gasteiger charge is 2.02. The summed E-state index contributed by atoms with van der Waals surface area (Å²) in [6, 6.07) is 12.7. The van der Waals surface area contributed by atoms with Gasteiger partial charge in [-0.1, -0.05) is 38.6 Å². The van der Waals surface area contributed by atoms with Crippen LogP contribution < -0.4 is 0 Å². The molecule has 0 fully saturated rings. The van der Waals surface area contributed by atoms with Gasteiger partial charge in [0, 0.05) is 27.5 Å². The fraction of sp³-hybridized carbons (Fsp3) is 0.118. The maximum Gasteiger partial charge on any atom is 0.0349 e. The lowest BCUT2D eigenvalue weighted by molar-refractivity contribution is 1.33. The van der Waals surface area contributed by atoms with Gasteiger partial charge in [-0.25, -0.2) is 0 Å². The Labute approximate surface area is 118 Å². The minimum atomic E-state index is 1.15. The van der Waals surface area contributed by atoms with Gasteiger partial charge in [-0.2, -0.15) is 0 Å². The summed E-state index contributed by atoms with van der Waals surface area (Å²) in [7, 11) is 0. The molecule has 0 spiro atoms. The molecule has 0 radical (unpaired) electrons. The Balaban J connectivity index is 0.000000637. The molecular formula is C17H17NS. The van der Waals surface area contributed by atoms with Crippen molar-refractivity contribution in [3.05, 3.63) is 60.2 Å². The van der Waals surface area contributed by atoms with Crippen molar-refractivity contribution < 1.29 is 0 Å². The Morgan fingerprint density at radius 2 is 1.95 bits per heavy atom. The molecule has 1 aromatic carbocycles. The van der Waals surface area contributed by atoms with E-state index in [1.165, 1.54) is 20.5 Å². The highest BCUT2D eigenvalue weighted by Crippen LogP contribution is 2.30.